The molecule has 128 valence electrons. The molecular weight excluding hydrogens is 338 g/mol. The second kappa shape index (κ2) is 6.20. The number of fused-ring (bicyclic) bond motifs is 1. The number of nitro benzene ring substituents is 1. The van der Waals surface area contributed by atoms with Crippen LogP contribution in [0.2, 0.25) is 0 Å². The molecule has 26 heavy (non-hydrogen) atoms. The van der Waals surface area contributed by atoms with Crippen molar-refractivity contribution in [3.05, 3.63) is 81.2 Å². The van der Waals surface area contributed by atoms with Crippen molar-refractivity contribution >= 4 is 16.6 Å². The summed E-state index contributed by atoms with van der Waals surface area (Å²) in [5, 5.41) is 14.9. The van der Waals surface area contributed by atoms with Gasteiger partial charge in [0.25, 0.3) is 17.1 Å². The Hall–Kier alpha value is -3.88. The molecule has 2 aromatic heterocycles. The van der Waals surface area contributed by atoms with Gasteiger partial charge in [-0.3, -0.25) is 19.5 Å². The molecule has 0 aliphatic carbocycles. The first-order chi connectivity index (χ1) is 12.6. The first kappa shape index (κ1) is 15.6. The van der Waals surface area contributed by atoms with Crippen LogP contribution in [-0.4, -0.2) is 24.6 Å². The zero-order chi connectivity index (χ0) is 18.1. The molecule has 0 radical (unpaired) electrons. The van der Waals surface area contributed by atoms with Crippen molar-refractivity contribution in [3.8, 4) is 11.5 Å². The predicted octanol–water partition coefficient (Wildman–Crippen LogP) is 2.40. The molecule has 0 bridgehead atoms. The van der Waals surface area contributed by atoms with Crippen molar-refractivity contribution in [1.29, 1.82) is 0 Å². The zero-order valence-corrected chi connectivity index (χ0v) is 13.3. The van der Waals surface area contributed by atoms with Gasteiger partial charge in [0.2, 0.25) is 0 Å². The molecule has 2 aromatic carbocycles. The van der Waals surface area contributed by atoms with Gasteiger partial charge in [0.15, 0.2) is 5.82 Å². The number of non-ortho nitro benzene ring substituents is 1. The van der Waals surface area contributed by atoms with E-state index in [1.807, 2.05) is 30.3 Å². The van der Waals surface area contributed by atoms with E-state index in [1.54, 1.807) is 0 Å². The number of hydrogen-bond acceptors (Lipinski definition) is 7. The third-order valence-electron chi connectivity index (χ3n) is 3.82. The summed E-state index contributed by atoms with van der Waals surface area (Å²) in [7, 11) is 0. The van der Waals surface area contributed by atoms with Crippen LogP contribution in [0, 0.1) is 10.1 Å². The molecule has 0 fully saturated rings. The number of nitrogens with zero attached hydrogens (tertiary/aromatic N) is 5. The maximum Gasteiger partial charge on any atom is 0.270 e. The van der Waals surface area contributed by atoms with Gasteiger partial charge >= 0.3 is 0 Å². The lowest BCUT2D eigenvalue weighted by molar-refractivity contribution is -0.384. The van der Waals surface area contributed by atoms with E-state index in [-0.39, 0.29) is 17.6 Å². The molecule has 0 aliphatic rings. The first-order valence-corrected chi connectivity index (χ1v) is 7.63. The molecule has 0 N–H and O–H groups in total. The smallest absolute Gasteiger partial charge is 0.270 e. The number of rotatable bonds is 4. The summed E-state index contributed by atoms with van der Waals surface area (Å²) in [4.78, 5) is 31.4. The third kappa shape index (κ3) is 2.81. The van der Waals surface area contributed by atoms with E-state index in [2.05, 4.69) is 15.1 Å². The van der Waals surface area contributed by atoms with E-state index in [0.29, 0.717) is 17.2 Å². The molecule has 0 atom stereocenters. The molecule has 0 saturated carbocycles. The van der Waals surface area contributed by atoms with Gasteiger partial charge in [-0.25, -0.2) is 4.98 Å². The Morgan fingerprint density at radius 3 is 2.73 bits per heavy atom. The minimum Gasteiger partial charge on any atom is -0.334 e. The normalized spacial score (nSPS) is 10.9. The van der Waals surface area contributed by atoms with Gasteiger partial charge in [0.05, 0.1) is 28.7 Å². The lowest BCUT2D eigenvalue weighted by Crippen LogP contribution is -2.21. The van der Waals surface area contributed by atoms with Crippen LogP contribution in [0.5, 0.6) is 0 Å². The van der Waals surface area contributed by atoms with Gasteiger partial charge in [-0.05, 0) is 18.2 Å². The van der Waals surface area contributed by atoms with Gasteiger partial charge in [0, 0.05) is 17.7 Å². The van der Waals surface area contributed by atoms with Crippen molar-refractivity contribution in [2.45, 2.75) is 6.54 Å². The molecule has 0 amide bonds. The molecule has 0 unspecified atom stereocenters. The molecule has 2 heterocycles. The minimum atomic E-state index is -0.554. The highest BCUT2D eigenvalue weighted by Crippen LogP contribution is 2.18. The van der Waals surface area contributed by atoms with Crippen LogP contribution in [-0.2, 0) is 6.54 Å². The maximum absolute atomic E-state index is 12.6. The van der Waals surface area contributed by atoms with Gasteiger partial charge in [-0.15, -0.1) is 0 Å². The molecule has 0 spiro atoms. The average molecular weight is 349 g/mol. The van der Waals surface area contributed by atoms with Crippen LogP contribution in [0.4, 0.5) is 5.69 Å². The summed E-state index contributed by atoms with van der Waals surface area (Å²) >= 11 is 0. The Kier molecular flexibility index (Phi) is 3.73. The van der Waals surface area contributed by atoms with Crippen LogP contribution in [0.3, 0.4) is 0 Å². The fourth-order valence-corrected chi connectivity index (χ4v) is 2.54. The Balaban J connectivity index is 1.69. The zero-order valence-electron chi connectivity index (χ0n) is 13.3. The summed E-state index contributed by atoms with van der Waals surface area (Å²) in [6.45, 7) is 0.0425. The summed E-state index contributed by atoms with van der Waals surface area (Å²) in [5.74, 6) is 0.649. The molecule has 0 saturated heterocycles. The highest BCUT2D eigenvalue weighted by atomic mass is 16.6. The highest BCUT2D eigenvalue weighted by Gasteiger charge is 2.13. The molecular formula is C17H11N5O4. The number of benzene rings is 2. The van der Waals surface area contributed by atoms with E-state index < -0.39 is 10.5 Å². The lowest BCUT2D eigenvalue weighted by Gasteiger charge is -2.03. The fourth-order valence-electron chi connectivity index (χ4n) is 2.54. The minimum absolute atomic E-state index is 0.0425. The predicted molar refractivity (Wildman–Crippen MR) is 91.5 cm³/mol. The number of nitro groups is 1. The monoisotopic (exact) mass is 349 g/mol. The van der Waals surface area contributed by atoms with E-state index >= 15 is 0 Å². The van der Waals surface area contributed by atoms with Crippen molar-refractivity contribution in [2.75, 3.05) is 0 Å². The van der Waals surface area contributed by atoms with Crippen molar-refractivity contribution in [3.63, 3.8) is 0 Å². The number of hydrogen-bond donors (Lipinski definition) is 0. The summed E-state index contributed by atoms with van der Waals surface area (Å²) in [6, 6.07) is 13.2. The summed E-state index contributed by atoms with van der Waals surface area (Å²) in [5.41, 5.74) is 0.575. The maximum atomic E-state index is 12.6. The van der Waals surface area contributed by atoms with E-state index in [0.717, 1.165) is 5.56 Å². The molecule has 9 heteroatoms. The topological polar surface area (TPSA) is 117 Å². The Morgan fingerprint density at radius 1 is 1.15 bits per heavy atom. The lowest BCUT2D eigenvalue weighted by atomic mass is 10.2. The van der Waals surface area contributed by atoms with Gasteiger partial charge in [-0.2, -0.15) is 4.98 Å². The molecule has 4 aromatic rings. The first-order valence-electron chi connectivity index (χ1n) is 7.63. The second-order valence-electron chi connectivity index (χ2n) is 5.52. The van der Waals surface area contributed by atoms with Crippen LogP contribution >= 0.6 is 0 Å². The standard InChI is InChI=1S/C17H11N5O4/c23-17-13-8-12(22(24)25)6-7-14(13)18-10-21(17)9-15-19-16(26-20-15)11-4-2-1-3-5-11/h1-8,10H,9H2. The molecule has 9 nitrogen and oxygen atoms in total. The Labute approximate surface area is 145 Å². The van der Waals surface area contributed by atoms with Crippen LogP contribution in [0.15, 0.2) is 64.2 Å². The van der Waals surface area contributed by atoms with Crippen molar-refractivity contribution in [2.24, 2.45) is 0 Å². The van der Waals surface area contributed by atoms with Crippen LogP contribution < -0.4 is 5.56 Å². The summed E-state index contributed by atoms with van der Waals surface area (Å²) in [6.07, 6.45) is 1.36. The van der Waals surface area contributed by atoms with Crippen molar-refractivity contribution in [1.82, 2.24) is 19.7 Å². The number of aromatic nitrogens is 4. The van der Waals surface area contributed by atoms with Gasteiger partial charge in [0.1, 0.15) is 0 Å². The largest absolute Gasteiger partial charge is 0.334 e. The Bertz CT molecular complexity index is 1170. The SMILES string of the molecule is O=c1c2cc([N+](=O)[O-])ccc2ncn1Cc1noc(-c2ccccc2)n1. The van der Waals surface area contributed by atoms with E-state index in [9.17, 15) is 14.9 Å². The Morgan fingerprint density at radius 2 is 1.96 bits per heavy atom. The van der Waals surface area contributed by atoms with Crippen LogP contribution in [0.25, 0.3) is 22.4 Å². The third-order valence-corrected chi connectivity index (χ3v) is 3.82. The summed E-state index contributed by atoms with van der Waals surface area (Å²) < 4.78 is 6.50. The molecule has 0 aliphatic heterocycles. The van der Waals surface area contributed by atoms with Crippen LogP contribution in [0.1, 0.15) is 5.82 Å². The van der Waals surface area contributed by atoms with Gasteiger partial charge < -0.3 is 4.52 Å². The van der Waals surface area contributed by atoms with E-state index in [4.69, 9.17) is 4.52 Å². The second-order valence-corrected chi connectivity index (χ2v) is 5.52. The fraction of sp³-hybridized carbons (Fsp3) is 0.0588. The molecule has 4 rings (SSSR count). The van der Waals surface area contributed by atoms with Crippen molar-refractivity contribution < 1.29 is 9.45 Å². The van der Waals surface area contributed by atoms with Gasteiger partial charge in [-0.1, -0.05) is 23.4 Å². The average Bonchev–Trinajstić information content (AvgIpc) is 3.13. The quantitative estimate of drug-likeness (QED) is 0.410. The van der Waals surface area contributed by atoms with E-state index in [1.165, 1.54) is 29.1 Å². The highest BCUT2D eigenvalue weighted by molar-refractivity contribution is 5.79.